The van der Waals surface area contributed by atoms with E-state index in [1.165, 1.54) is 0 Å². The third kappa shape index (κ3) is 9.97. The Morgan fingerprint density at radius 3 is 2.32 bits per heavy atom. The average molecular weight is 380 g/mol. The van der Waals surface area contributed by atoms with Gasteiger partial charge in [0.25, 0.3) is 0 Å². The molecule has 0 aromatic heterocycles. The molecular weight excluding hydrogens is 351 g/mol. The monoisotopic (exact) mass is 380 g/mol. The van der Waals surface area contributed by atoms with Crippen LogP contribution in [-0.4, -0.2) is 38.0 Å². The normalized spacial score (nSPS) is 13.1. The van der Waals surface area contributed by atoms with Gasteiger partial charge in [-0.25, -0.2) is 8.42 Å². The maximum atomic E-state index is 11.6. The molecule has 0 bridgehead atoms. The second-order valence-electron chi connectivity index (χ2n) is 6.66. The second kappa shape index (κ2) is 12.3. The van der Waals surface area contributed by atoms with Crippen molar-refractivity contribution in [3.63, 3.8) is 0 Å². The van der Waals surface area contributed by atoms with Crippen LogP contribution in [0.2, 0.25) is 0 Å². The van der Waals surface area contributed by atoms with Crippen molar-refractivity contribution in [2.24, 2.45) is 5.41 Å². The van der Waals surface area contributed by atoms with E-state index < -0.39 is 20.8 Å². The van der Waals surface area contributed by atoms with Crippen molar-refractivity contribution in [2.75, 3.05) is 19.8 Å². The van der Waals surface area contributed by atoms with Gasteiger partial charge < -0.3 is 14.0 Å². The summed E-state index contributed by atoms with van der Waals surface area (Å²) in [6.45, 7) is 6.20. The average Bonchev–Trinajstić information content (AvgIpc) is 2.50. The Labute approximate surface area is 174 Å². The van der Waals surface area contributed by atoms with E-state index in [-0.39, 0.29) is 42.8 Å². The summed E-state index contributed by atoms with van der Waals surface area (Å²) in [4.78, 5) is 0. The number of hydrogen-bond acceptors (Lipinski definition) is 5. The van der Waals surface area contributed by atoms with Crippen molar-refractivity contribution in [1.29, 1.82) is 0 Å². The Hall–Kier alpha value is -0.110. The predicted molar refractivity (Wildman–Crippen MR) is 94.2 cm³/mol. The fraction of sp³-hybridized carbons (Fsp3) is 0.667. The first-order chi connectivity index (χ1) is 11.3. The van der Waals surface area contributed by atoms with Crippen LogP contribution in [0.5, 0.6) is 5.75 Å². The molecule has 0 N–H and O–H groups in total. The summed E-state index contributed by atoms with van der Waals surface area (Å²) in [6.07, 6.45) is 3.68. The number of benzene rings is 1. The van der Waals surface area contributed by atoms with E-state index in [1.54, 1.807) is 0 Å². The minimum atomic E-state index is -4.41. The predicted octanol–water partition coefficient (Wildman–Crippen LogP) is 0.606. The van der Waals surface area contributed by atoms with Gasteiger partial charge in [0.2, 0.25) is 0 Å². The summed E-state index contributed by atoms with van der Waals surface area (Å²) in [5.41, 5.74) is -0.601. The van der Waals surface area contributed by atoms with Crippen LogP contribution >= 0.6 is 0 Å². The third-order valence-corrected chi connectivity index (χ3v) is 5.62. The van der Waals surface area contributed by atoms with Gasteiger partial charge in [-0.3, -0.25) is 0 Å². The fourth-order valence-corrected chi connectivity index (χ4v) is 3.78. The van der Waals surface area contributed by atoms with Crippen molar-refractivity contribution in [1.82, 2.24) is 0 Å². The van der Waals surface area contributed by atoms with Crippen molar-refractivity contribution in [2.45, 2.75) is 51.7 Å². The minimum Gasteiger partial charge on any atom is -0.748 e. The Kier molecular flexibility index (Phi) is 12.3. The molecule has 0 aliphatic carbocycles. The molecular formula is C18H29NaO5S. The molecule has 1 unspecified atom stereocenters. The van der Waals surface area contributed by atoms with E-state index in [0.717, 1.165) is 25.0 Å². The summed E-state index contributed by atoms with van der Waals surface area (Å²) in [5, 5.41) is -1.04. The van der Waals surface area contributed by atoms with E-state index in [0.29, 0.717) is 13.0 Å². The quantitative estimate of drug-likeness (QED) is 0.302. The fourth-order valence-electron chi connectivity index (χ4n) is 2.62. The molecule has 1 atom stereocenters. The van der Waals surface area contributed by atoms with E-state index >= 15 is 0 Å². The van der Waals surface area contributed by atoms with E-state index in [9.17, 15) is 13.0 Å². The molecule has 0 heterocycles. The smallest absolute Gasteiger partial charge is 0.748 e. The molecule has 0 radical (unpaired) electrons. The van der Waals surface area contributed by atoms with Crippen molar-refractivity contribution in [3.8, 4) is 5.75 Å². The molecule has 1 aromatic rings. The van der Waals surface area contributed by atoms with Gasteiger partial charge in [0, 0.05) is 0 Å². The summed E-state index contributed by atoms with van der Waals surface area (Å²) in [5.74, 6) is 0.731. The molecule has 0 spiro atoms. The van der Waals surface area contributed by atoms with Gasteiger partial charge in [-0.15, -0.1) is 0 Å². The van der Waals surface area contributed by atoms with Crippen LogP contribution in [0.3, 0.4) is 0 Å². The molecule has 0 amide bonds. The standard InChI is InChI=1S/C18H30O5S.Na/c1-4-5-9-12-18(2,3)17(24(19,20)21)15-22-13-14-23-16-10-7-6-8-11-16;/h6-8,10-11,17H,4-5,9,12-15H2,1-3H3,(H,19,20,21);/q;+1/p-1. The maximum absolute atomic E-state index is 11.6. The van der Waals surface area contributed by atoms with Crippen LogP contribution in [-0.2, 0) is 14.9 Å². The molecule has 1 rings (SSSR count). The van der Waals surface area contributed by atoms with Crippen molar-refractivity contribution in [3.05, 3.63) is 30.3 Å². The summed E-state index contributed by atoms with van der Waals surface area (Å²) in [7, 11) is -4.41. The molecule has 0 saturated carbocycles. The maximum Gasteiger partial charge on any atom is 1.00 e. The minimum absolute atomic E-state index is 0. The van der Waals surface area contributed by atoms with Gasteiger partial charge in [-0.1, -0.05) is 58.2 Å². The third-order valence-electron chi connectivity index (χ3n) is 4.15. The molecule has 7 heteroatoms. The number of hydrogen-bond donors (Lipinski definition) is 0. The number of unbranched alkanes of at least 4 members (excludes halogenated alkanes) is 2. The van der Waals surface area contributed by atoms with Gasteiger partial charge in [0.1, 0.15) is 22.5 Å². The molecule has 25 heavy (non-hydrogen) atoms. The Morgan fingerprint density at radius 1 is 1.12 bits per heavy atom. The van der Waals surface area contributed by atoms with Crippen LogP contribution in [0.1, 0.15) is 46.5 Å². The zero-order chi connectivity index (χ0) is 18.1. The first kappa shape index (κ1) is 24.9. The molecule has 5 nitrogen and oxygen atoms in total. The van der Waals surface area contributed by atoms with E-state index in [4.69, 9.17) is 9.47 Å². The SMILES string of the molecule is CCCCCC(C)(C)C(COCCOc1ccccc1)S(=O)(=O)[O-].[Na+]. The van der Waals surface area contributed by atoms with Crippen molar-refractivity contribution < 1.29 is 52.0 Å². The van der Waals surface area contributed by atoms with Crippen molar-refractivity contribution >= 4 is 10.1 Å². The Morgan fingerprint density at radius 2 is 1.76 bits per heavy atom. The second-order valence-corrected chi connectivity index (χ2v) is 8.22. The van der Waals surface area contributed by atoms with Gasteiger partial charge >= 0.3 is 29.6 Å². The van der Waals surface area contributed by atoms with E-state index in [2.05, 4.69) is 6.92 Å². The molecule has 0 aliphatic rings. The van der Waals surface area contributed by atoms with Gasteiger partial charge in [-0.05, 0) is 24.0 Å². The first-order valence-corrected chi connectivity index (χ1v) is 9.95. The van der Waals surface area contributed by atoms with E-state index in [1.807, 2.05) is 44.2 Å². The number of rotatable bonds is 12. The van der Waals surface area contributed by atoms with Crippen LogP contribution in [0.25, 0.3) is 0 Å². The molecule has 138 valence electrons. The summed E-state index contributed by atoms with van der Waals surface area (Å²) < 4.78 is 45.8. The molecule has 0 fully saturated rings. The molecule has 1 aromatic carbocycles. The summed E-state index contributed by atoms with van der Waals surface area (Å²) >= 11 is 0. The van der Waals surface area contributed by atoms with Gasteiger partial charge in [0.15, 0.2) is 0 Å². The Bertz CT molecular complexity index is 560. The van der Waals surface area contributed by atoms with Gasteiger partial charge in [0.05, 0.1) is 18.5 Å². The van der Waals surface area contributed by atoms with Gasteiger partial charge in [-0.2, -0.15) is 0 Å². The number of ether oxygens (including phenoxy) is 2. The zero-order valence-corrected chi connectivity index (χ0v) is 18.7. The van der Waals surface area contributed by atoms with Crippen LogP contribution < -0.4 is 34.3 Å². The van der Waals surface area contributed by atoms with Crippen LogP contribution in [0, 0.1) is 5.41 Å². The first-order valence-electron chi connectivity index (χ1n) is 8.47. The van der Waals surface area contributed by atoms with Crippen LogP contribution in [0.15, 0.2) is 30.3 Å². The molecule has 0 aliphatic heterocycles. The summed E-state index contributed by atoms with van der Waals surface area (Å²) in [6, 6.07) is 9.31. The molecule has 0 saturated heterocycles. The largest absolute Gasteiger partial charge is 1.00 e. The number of para-hydroxylation sites is 1. The topological polar surface area (TPSA) is 75.7 Å². The Balaban J connectivity index is 0.00000576. The zero-order valence-electron chi connectivity index (χ0n) is 15.9. The van der Waals surface area contributed by atoms with Crippen LogP contribution in [0.4, 0.5) is 0 Å².